The first-order valence-corrected chi connectivity index (χ1v) is 6.35. The predicted octanol–water partition coefficient (Wildman–Crippen LogP) is 2.93. The highest BCUT2D eigenvalue weighted by Gasteiger charge is 2.16. The highest BCUT2D eigenvalue weighted by molar-refractivity contribution is 5.79. The van der Waals surface area contributed by atoms with E-state index in [2.05, 4.69) is 10.4 Å². The molecule has 1 heterocycles. The van der Waals surface area contributed by atoms with Gasteiger partial charge < -0.3 is 0 Å². The third-order valence-electron chi connectivity index (χ3n) is 3.35. The number of benzene rings is 2. The Balaban J connectivity index is 2.10. The van der Waals surface area contributed by atoms with Crippen molar-refractivity contribution in [1.29, 1.82) is 0 Å². The lowest BCUT2D eigenvalue weighted by molar-refractivity contribution is 0.560. The Bertz CT molecular complexity index is 742. The molecule has 0 aliphatic rings. The van der Waals surface area contributed by atoms with Crippen LogP contribution in [0.3, 0.4) is 0 Å². The summed E-state index contributed by atoms with van der Waals surface area (Å²) in [4.78, 5) is 4.31. The fourth-order valence-electron chi connectivity index (χ4n) is 2.34. The number of nitrogens with zero attached hydrogens (tertiary/aromatic N) is 1. The second kappa shape index (κ2) is 5.36. The molecule has 1 atom stereocenters. The van der Waals surface area contributed by atoms with Crippen molar-refractivity contribution >= 4 is 10.9 Å². The molecule has 3 rings (SSSR count). The van der Waals surface area contributed by atoms with Gasteiger partial charge in [0.2, 0.25) is 0 Å². The molecule has 0 saturated heterocycles. The van der Waals surface area contributed by atoms with Crippen LogP contribution in [0.15, 0.2) is 60.8 Å². The van der Waals surface area contributed by atoms with Gasteiger partial charge >= 0.3 is 0 Å². The van der Waals surface area contributed by atoms with Crippen molar-refractivity contribution in [2.75, 3.05) is 0 Å². The van der Waals surface area contributed by atoms with Crippen LogP contribution in [-0.2, 0) is 0 Å². The fraction of sp³-hybridized carbons (Fsp3) is 0.0625. The molecule has 0 saturated carbocycles. The van der Waals surface area contributed by atoms with Gasteiger partial charge in [0.25, 0.3) is 0 Å². The number of nitrogens with one attached hydrogen (secondary N) is 1. The number of fused-ring (bicyclic) bond motifs is 1. The summed E-state index contributed by atoms with van der Waals surface area (Å²) in [6, 6.07) is 15.9. The van der Waals surface area contributed by atoms with Crippen LogP contribution in [0, 0.1) is 5.82 Å². The smallest absolute Gasteiger partial charge is 0.128 e. The Hall–Kier alpha value is -2.30. The number of rotatable bonds is 3. The number of aromatic nitrogens is 1. The Morgan fingerprint density at radius 3 is 2.70 bits per heavy atom. The quantitative estimate of drug-likeness (QED) is 0.566. The lowest BCUT2D eigenvalue weighted by atomic mass is 9.97. The van der Waals surface area contributed by atoms with Gasteiger partial charge in [-0.3, -0.25) is 10.8 Å². The third kappa shape index (κ3) is 2.27. The summed E-state index contributed by atoms with van der Waals surface area (Å²) >= 11 is 0. The topological polar surface area (TPSA) is 50.9 Å². The van der Waals surface area contributed by atoms with Crippen molar-refractivity contribution in [3.05, 3.63) is 77.7 Å². The van der Waals surface area contributed by atoms with Crippen molar-refractivity contribution < 1.29 is 4.39 Å². The zero-order valence-corrected chi connectivity index (χ0v) is 10.8. The zero-order valence-electron chi connectivity index (χ0n) is 10.8. The van der Waals surface area contributed by atoms with E-state index >= 15 is 0 Å². The van der Waals surface area contributed by atoms with Crippen molar-refractivity contribution in [2.24, 2.45) is 5.84 Å². The van der Waals surface area contributed by atoms with Crippen LogP contribution in [-0.4, -0.2) is 4.98 Å². The second-order valence-corrected chi connectivity index (χ2v) is 4.58. The maximum Gasteiger partial charge on any atom is 0.128 e. The molecule has 100 valence electrons. The zero-order chi connectivity index (χ0) is 13.9. The first-order valence-electron chi connectivity index (χ1n) is 6.35. The number of hydrogen-bond acceptors (Lipinski definition) is 3. The Kier molecular flexibility index (Phi) is 3.41. The molecule has 0 aliphatic heterocycles. The van der Waals surface area contributed by atoms with Crippen LogP contribution >= 0.6 is 0 Å². The molecule has 4 heteroatoms. The van der Waals surface area contributed by atoms with Crippen molar-refractivity contribution in [2.45, 2.75) is 6.04 Å². The van der Waals surface area contributed by atoms with E-state index in [0.717, 1.165) is 16.5 Å². The fourth-order valence-corrected chi connectivity index (χ4v) is 2.34. The monoisotopic (exact) mass is 267 g/mol. The van der Waals surface area contributed by atoms with E-state index in [4.69, 9.17) is 5.84 Å². The van der Waals surface area contributed by atoms with Gasteiger partial charge in [0.1, 0.15) is 5.82 Å². The van der Waals surface area contributed by atoms with Crippen LogP contribution in [0.1, 0.15) is 17.2 Å². The van der Waals surface area contributed by atoms with Gasteiger partial charge in [-0.1, -0.05) is 36.4 Å². The van der Waals surface area contributed by atoms with E-state index in [-0.39, 0.29) is 5.82 Å². The number of pyridine rings is 1. The minimum Gasteiger partial charge on any atom is -0.271 e. The molecular formula is C16H14FN3. The number of hydrazine groups is 1. The predicted molar refractivity (Wildman–Crippen MR) is 77.3 cm³/mol. The molecule has 0 bridgehead atoms. The van der Waals surface area contributed by atoms with Crippen LogP contribution in [0.25, 0.3) is 10.9 Å². The molecule has 0 spiro atoms. The van der Waals surface area contributed by atoms with Gasteiger partial charge in [-0.15, -0.1) is 0 Å². The standard InChI is InChI=1S/C16H14FN3/c17-14-6-2-1-5-13(14)16(20-18)12-8-7-11-4-3-9-19-15(11)10-12/h1-10,16,20H,18H2. The molecule has 2 aromatic carbocycles. The first-order chi connectivity index (χ1) is 9.79. The summed E-state index contributed by atoms with van der Waals surface area (Å²) in [5.41, 5.74) is 4.93. The number of nitrogens with two attached hydrogens (primary N) is 1. The van der Waals surface area contributed by atoms with E-state index in [9.17, 15) is 4.39 Å². The average molecular weight is 267 g/mol. The molecule has 3 N–H and O–H groups in total. The number of halogens is 1. The molecule has 0 fully saturated rings. The van der Waals surface area contributed by atoms with Crippen LogP contribution < -0.4 is 11.3 Å². The Morgan fingerprint density at radius 1 is 1.05 bits per heavy atom. The highest BCUT2D eigenvalue weighted by atomic mass is 19.1. The summed E-state index contributed by atoms with van der Waals surface area (Å²) in [5, 5.41) is 1.04. The van der Waals surface area contributed by atoms with Gasteiger partial charge in [-0.05, 0) is 23.8 Å². The molecule has 20 heavy (non-hydrogen) atoms. The molecule has 1 unspecified atom stereocenters. The average Bonchev–Trinajstić information content (AvgIpc) is 2.50. The Labute approximate surface area is 116 Å². The van der Waals surface area contributed by atoms with Gasteiger partial charge in [-0.2, -0.15) is 0 Å². The maximum absolute atomic E-state index is 13.9. The third-order valence-corrected chi connectivity index (χ3v) is 3.35. The van der Waals surface area contributed by atoms with Crippen molar-refractivity contribution in [1.82, 2.24) is 10.4 Å². The lowest BCUT2D eigenvalue weighted by Gasteiger charge is -2.17. The summed E-state index contributed by atoms with van der Waals surface area (Å²) < 4.78 is 13.9. The van der Waals surface area contributed by atoms with E-state index in [1.165, 1.54) is 6.07 Å². The molecule has 3 aromatic rings. The summed E-state index contributed by atoms with van der Waals surface area (Å²) in [7, 11) is 0. The van der Waals surface area contributed by atoms with E-state index in [1.807, 2.05) is 30.3 Å². The minimum absolute atomic E-state index is 0.281. The van der Waals surface area contributed by atoms with E-state index in [1.54, 1.807) is 24.4 Å². The molecule has 3 nitrogen and oxygen atoms in total. The minimum atomic E-state index is -0.400. The summed E-state index contributed by atoms with van der Waals surface area (Å²) in [6.07, 6.45) is 1.74. The lowest BCUT2D eigenvalue weighted by Crippen LogP contribution is -2.29. The van der Waals surface area contributed by atoms with Crippen LogP contribution in [0.5, 0.6) is 0 Å². The van der Waals surface area contributed by atoms with Gasteiger partial charge in [0, 0.05) is 17.1 Å². The maximum atomic E-state index is 13.9. The van der Waals surface area contributed by atoms with E-state index in [0.29, 0.717) is 5.56 Å². The van der Waals surface area contributed by atoms with Gasteiger partial charge in [0.15, 0.2) is 0 Å². The molecule has 0 radical (unpaired) electrons. The molecule has 0 aliphatic carbocycles. The van der Waals surface area contributed by atoms with Gasteiger partial charge in [-0.25, -0.2) is 9.82 Å². The summed E-state index contributed by atoms with van der Waals surface area (Å²) in [5.74, 6) is 5.33. The highest BCUT2D eigenvalue weighted by Crippen LogP contribution is 2.25. The van der Waals surface area contributed by atoms with Crippen molar-refractivity contribution in [3.63, 3.8) is 0 Å². The molecule has 0 amide bonds. The van der Waals surface area contributed by atoms with E-state index < -0.39 is 6.04 Å². The molecular weight excluding hydrogens is 253 g/mol. The Morgan fingerprint density at radius 2 is 1.90 bits per heavy atom. The van der Waals surface area contributed by atoms with Crippen LogP contribution in [0.4, 0.5) is 4.39 Å². The SMILES string of the molecule is NNC(c1ccc2cccnc2c1)c1ccccc1F. The summed E-state index contributed by atoms with van der Waals surface area (Å²) in [6.45, 7) is 0. The van der Waals surface area contributed by atoms with Crippen molar-refractivity contribution in [3.8, 4) is 0 Å². The first kappa shape index (κ1) is 12.7. The number of hydrogen-bond donors (Lipinski definition) is 2. The molecule has 1 aromatic heterocycles. The normalized spacial score (nSPS) is 12.5. The van der Waals surface area contributed by atoms with Crippen LogP contribution in [0.2, 0.25) is 0 Å². The largest absolute Gasteiger partial charge is 0.271 e. The second-order valence-electron chi connectivity index (χ2n) is 4.58. The van der Waals surface area contributed by atoms with Gasteiger partial charge in [0.05, 0.1) is 11.6 Å².